The van der Waals surface area contributed by atoms with Crippen LogP contribution < -0.4 is 11.1 Å². The summed E-state index contributed by atoms with van der Waals surface area (Å²) in [6.07, 6.45) is 2.26. The average molecular weight is 350 g/mol. The smallest absolute Gasteiger partial charge is 0.263 e. The van der Waals surface area contributed by atoms with Crippen molar-refractivity contribution in [2.45, 2.75) is 32.2 Å². The van der Waals surface area contributed by atoms with Gasteiger partial charge in [0, 0.05) is 17.1 Å². The van der Waals surface area contributed by atoms with Gasteiger partial charge in [0.15, 0.2) is 0 Å². The number of hydrogen-bond acceptors (Lipinski definition) is 4. The van der Waals surface area contributed by atoms with Gasteiger partial charge in [0.25, 0.3) is 5.91 Å². The number of nitrogens with zero attached hydrogens (tertiary/aromatic N) is 1. The Kier molecular flexibility index (Phi) is 4.45. The molecule has 1 atom stereocenters. The first-order chi connectivity index (χ1) is 10.9. The fourth-order valence-electron chi connectivity index (χ4n) is 2.68. The van der Waals surface area contributed by atoms with Crippen LogP contribution in [0.15, 0.2) is 24.3 Å². The molecule has 1 heterocycles. The number of carbonyl (C=O) groups excluding carboxylic acids is 1. The van der Waals surface area contributed by atoms with Gasteiger partial charge in [0.2, 0.25) is 0 Å². The number of hydrogen-bond donors (Lipinski definition) is 2. The topological polar surface area (TPSA) is 68.0 Å². The number of benzene rings is 1. The average Bonchev–Trinajstić information content (AvgIpc) is 3.31. The summed E-state index contributed by atoms with van der Waals surface area (Å²) in [5.74, 6) is 0.403. The molecule has 1 aromatic heterocycles. The Morgan fingerprint density at radius 1 is 1.43 bits per heavy atom. The third-order valence-corrected chi connectivity index (χ3v) is 5.85. The Bertz CT molecular complexity index is 724. The summed E-state index contributed by atoms with van der Waals surface area (Å²) in [4.78, 5) is 17.8. The van der Waals surface area contributed by atoms with E-state index >= 15 is 0 Å². The lowest BCUT2D eigenvalue weighted by Gasteiger charge is -2.29. The molecule has 1 aliphatic carbocycles. The Hall–Kier alpha value is -1.43. The van der Waals surface area contributed by atoms with Crippen molar-refractivity contribution in [1.29, 1.82) is 0 Å². The predicted molar refractivity (Wildman–Crippen MR) is 94.9 cm³/mol. The summed E-state index contributed by atoms with van der Waals surface area (Å²) in [6, 6.07) is 7.48. The summed E-state index contributed by atoms with van der Waals surface area (Å²) in [7, 11) is 0. The molecule has 0 spiro atoms. The number of nitrogens with one attached hydrogen (secondary N) is 1. The molecule has 1 aromatic carbocycles. The molecule has 0 saturated heterocycles. The van der Waals surface area contributed by atoms with Crippen LogP contribution in [0.2, 0.25) is 5.02 Å². The van der Waals surface area contributed by atoms with Crippen LogP contribution in [0.5, 0.6) is 0 Å². The van der Waals surface area contributed by atoms with Gasteiger partial charge in [-0.05, 0) is 44.7 Å². The van der Waals surface area contributed by atoms with Gasteiger partial charge in [0.05, 0.1) is 11.2 Å². The van der Waals surface area contributed by atoms with E-state index in [2.05, 4.69) is 10.3 Å². The highest BCUT2D eigenvalue weighted by Crippen LogP contribution is 2.39. The molecule has 2 aromatic rings. The van der Waals surface area contributed by atoms with Gasteiger partial charge in [-0.1, -0.05) is 23.7 Å². The third kappa shape index (κ3) is 3.42. The van der Waals surface area contributed by atoms with Crippen molar-refractivity contribution in [3.63, 3.8) is 0 Å². The van der Waals surface area contributed by atoms with Crippen LogP contribution in [0.4, 0.5) is 0 Å². The lowest BCUT2D eigenvalue weighted by atomic mass is 9.96. The van der Waals surface area contributed by atoms with Crippen molar-refractivity contribution in [1.82, 2.24) is 10.3 Å². The quantitative estimate of drug-likeness (QED) is 0.866. The minimum absolute atomic E-state index is 0.0833. The van der Waals surface area contributed by atoms with Gasteiger partial charge in [-0.15, -0.1) is 11.3 Å². The van der Waals surface area contributed by atoms with Crippen LogP contribution in [-0.4, -0.2) is 23.0 Å². The SMILES string of the molecule is Cc1nc(-c2ccc(Cl)cc2)sc1C(=O)NC(C)(CN)C1CC1. The number of rotatable bonds is 5. The fraction of sp³-hybridized carbons (Fsp3) is 0.412. The van der Waals surface area contributed by atoms with Gasteiger partial charge < -0.3 is 11.1 Å². The summed E-state index contributed by atoms with van der Waals surface area (Å²) in [5.41, 5.74) is 7.26. The zero-order valence-corrected chi connectivity index (χ0v) is 14.8. The molecule has 0 bridgehead atoms. The zero-order chi connectivity index (χ0) is 16.6. The number of carbonyl (C=O) groups is 1. The zero-order valence-electron chi connectivity index (χ0n) is 13.2. The van der Waals surface area contributed by atoms with E-state index in [1.807, 2.05) is 38.1 Å². The molecular weight excluding hydrogens is 330 g/mol. The summed E-state index contributed by atoms with van der Waals surface area (Å²) in [5, 5.41) is 4.63. The molecule has 0 radical (unpaired) electrons. The van der Waals surface area contributed by atoms with Gasteiger partial charge in [-0.2, -0.15) is 0 Å². The first-order valence-electron chi connectivity index (χ1n) is 7.69. The Morgan fingerprint density at radius 3 is 2.65 bits per heavy atom. The van der Waals surface area contributed by atoms with Crippen LogP contribution in [-0.2, 0) is 0 Å². The molecule has 4 nitrogen and oxygen atoms in total. The molecule has 0 aliphatic heterocycles. The molecule has 6 heteroatoms. The first-order valence-corrected chi connectivity index (χ1v) is 8.88. The number of amides is 1. The minimum atomic E-state index is -0.325. The first kappa shape index (κ1) is 16.4. The highest BCUT2D eigenvalue weighted by atomic mass is 35.5. The van der Waals surface area contributed by atoms with E-state index in [0.29, 0.717) is 22.4 Å². The largest absolute Gasteiger partial charge is 0.345 e. The Labute approximate surface area is 145 Å². The number of aromatic nitrogens is 1. The lowest BCUT2D eigenvalue weighted by Crippen LogP contribution is -2.53. The standard InChI is InChI=1S/C17H20ClN3OS/c1-10-14(15(22)21-17(2,9-19)12-5-6-12)23-16(20-10)11-3-7-13(18)8-4-11/h3-4,7-8,12H,5-6,9,19H2,1-2H3,(H,21,22). The van der Waals surface area contributed by atoms with Gasteiger partial charge in [-0.25, -0.2) is 4.98 Å². The van der Waals surface area contributed by atoms with Crippen LogP contribution in [0.1, 0.15) is 35.1 Å². The van der Waals surface area contributed by atoms with Crippen molar-refractivity contribution in [2.24, 2.45) is 11.7 Å². The molecule has 23 heavy (non-hydrogen) atoms. The lowest BCUT2D eigenvalue weighted by molar-refractivity contribution is 0.0901. The summed E-state index contributed by atoms with van der Waals surface area (Å²) >= 11 is 7.32. The predicted octanol–water partition coefficient (Wildman–Crippen LogP) is 3.63. The van der Waals surface area contributed by atoms with Crippen LogP contribution in [0.3, 0.4) is 0 Å². The monoisotopic (exact) mass is 349 g/mol. The van der Waals surface area contributed by atoms with Crippen molar-refractivity contribution in [3.05, 3.63) is 39.9 Å². The number of thiazole rings is 1. The van der Waals surface area contributed by atoms with Gasteiger partial charge in [0.1, 0.15) is 9.88 Å². The van der Waals surface area contributed by atoms with E-state index in [9.17, 15) is 4.79 Å². The van der Waals surface area contributed by atoms with Crippen LogP contribution >= 0.6 is 22.9 Å². The maximum absolute atomic E-state index is 12.7. The van der Waals surface area contributed by atoms with Crippen LogP contribution in [0.25, 0.3) is 10.6 Å². The Balaban J connectivity index is 1.83. The molecule has 1 aliphatic rings. The molecule has 3 rings (SSSR count). The minimum Gasteiger partial charge on any atom is -0.345 e. The second-order valence-corrected chi connectivity index (χ2v) is 7.73. The molecule has 1 amide bonds. The summed E-state index contributed by atoms with van der Waals surface area (Å²) in [6.45, 7) is 4.34. The normalized spacial score (nSPS) is 16.9. The highest BCUT2D eigenvalue weighted by molar-refractivity contribution is 7.17. The summed E-state index contributed by atoms with van der Waals surface area (Å²) < 4.78 is 0. The maximum Gasteiger partial charge on any atom is 0.263 e. The molecule has 1 unspecified atom stereocenters. The van der Waals surface area contributed by atoms with E-state index in [1.54, 1.807) is 0 Å². The van der Waals surface area contributed by atoms with Crippen molar-refractivity contribution >= 4 is 28.8 Å². The van der Waals surface area contributed by atoms with E-state index in [4.69, 9.17) is 17.3 Å². The number of nitrogens with two attached hydrogens (primary N) is 1. The van der Waals surface area contributed by atoms with E-state index in [0.717, 1.165) is 29.1 Å². The molecular formula is C17H20ClN3OS. The van der Waals surface area contributed by atoms with E-state index in [-0.39, 0.29) is 11.4 Å². The molecule has 1 saturated carbocycles. The van der Waals surface area contributed by atoms with Crippen molar-refractivity contribution < 1.29 is 4.79 Å². The third-order valence-electron chi connectivity index (χ3n) is 4.40. The van der Waals surface area contributed by atoms with Gasteiger partial charge >= 0.3 is 0 Å². The highest BCUT2D eigenvalue weighted by Gasteiger charge is 2.42. The molecule has 1 fully saturated rings. The van der Waals surface area contributed by atoms with Crippen LogP contribution in [0, 0.1) is 12.8 Å². The fourth-order valence-corrected chi connectivity index (χ4v) is 3.77. The second kappa shape index (κ2) is 6.23. The number of halogens is 1. The molecule has 3 N–H and O–H groups in total. The van der Waals surface area contributed by atoms with Crippen molar-refractivity contribution in [3.8, 4) is 10.6 Å². The van der Waals surface area contributed by atoms with E-state index in [1.165, 1.54) is 11.3 Å². The second-order valence-electron chi connectivity index (χ2n) is 6.29. The maximum atomic E-state index is 12.7. The Morgan fingerprint density at radius 2 is 2.09 bits per heavy atom. The van der Waals surface area contributed by atoms with Gasteiger partial charge in [-0.3, -0.25) is 4.79 Å². The van der Waals surface area contributed by atoms with Crippen molar-refractivity contribution in [2.75, 3.05) is 6.54 Å². The number of aryl methyl sites for hydroxylation is 1. The molecule has 122 valence electrons. The van der Waals surface area contributed by atoms with E-state index < -0.39 is 0 Å².